The number of aromatic nitrogens is 4. The van der Waals surface area contributed by atoms with Crippen LogP contribution in [0.1, 0.15) is 34.1 Å². The van der Waals surface area contributed by atoms with Crippen LogP contribution in [0.2, 0.25) is 0 Å². The molecule has 0 aliphatic carbocycles. The molecule has 4 rings (SSSR count). The van der Waals surface area contributed by atoms with Crippen LogP contribution in [0.15, 0.2) is 79.3 Å². The standard InChI is InChI=1S/C23H23N5O/c1-2-22-21(16-26-28(22)20-7-4-3-5-8-20)23(29)24-15-18-9-11-19(12-10-18)17-27-14-6-13-25-27/h3-14,16H,2,15,17H2,1H3,(H,24,29). The number of rotatable bonds is 7. The van der Waals surface area contributed by atoms with E-state index in [9.17, 15) is 4.79 Å². The van der Waals surface area contributed by atoms with E-state index in [1.54, 1.807) is 12.4 Å². The second-order valence-corrected chi connectivity index (χ2v) is 6.81. The molecule has 0 spiro atoms. The van der Waals surface area contributed by atoms with Gasteiger partial charge in [0.05, 0.1) is 29.7 Å². The van der Waals surface area contributed by atoms with E-state index in [0.717, 1.165) is 29.9 Å². The van der Waals surface area contributed by atoms with Crippen molar-refractivity contribution in [2.24, 2.45) is 0 Å². The van der Waals surface area contributed by atoms with E-state index in [-0.39, 0.29) is 5.91 Å². The highest BCUT2D eigenvalue weighted by atomic mass is 16.1. The number of nitrogens with zero attached hydrogens (tertiary/aromatic N) is 4. The van der Waals surface area contributed by atoms with Gasteiger partial charge in [0.1, 0.15) is 0 Å². The van der Waals surface area contributed by atoms with E-state index in [1.165, 1.54) is 5.56 Å². The monoisotopic (exact) mass is 385 g/mol. The molecule has 0 radical (unpaired) electrons. The predicted octanol–water partition coefficient (Wildman–Crippen LogP) is 3.61. The molecule has 2 aromatic carbocycles. The summed E-state index contributed by atoms with van der Waals surface area (Å²) in [5.41, 5.74) is 4.70. The number of hydrogen-bond acceptors (Lipinski definition) is 3. The Balaban J connectivity index is 1.41. The van der Waals surface area contributed by atoms with Crippen molar-refractivity contribution in [1.29, 1.82) is 0 Å². The summed E-state index contributed by atoms with van der Waals surface area (Å²) in [6, 6.07) is 20.0. The molecule has 6 heteroatoms. The Morgan fingerprint density at radius 1 is 0.966 bits per heavy atom. The summed E-state index contributed by atoms with van der Waals surface area (Å²) < 4.78 is 3.71. The maximum absolute atomic E-state index is 12.7. The molecule has 2 aromatic heterocycles. The van der Waals surface area contributed by atoms with Gasteiger partial charge in [-0.1, -0.05) is 49.4 Å². The van der Waals surface area contributed by atoms with Crippen LogP contribution in [-0.4, -0.2) is 25.5 Å². The minimum absolute atomic E-state index is 0.107. The van der Waals surface area contributed by atoms with Gasteiger partial charge in [0.15, 0.2) is 0 Å². The lowest BCUT2D eigenvalue weighted by Gasteiger charge is -2.09. The molecule has 4 aromatic rings. The number of carbonyl (C=O) groups is 1. The van der Waals surface area contributed by atoms with E-state index >= 15 is 0 Å². The first-order chi connectivity index (χ1) is 14.2. The summed E-state index contributed by atoms with van der Waals surface area (Å²) in [5, 5.41) is 11.7. The molecule has 0 atom stereocenters. The molecule has 0 aliphatic heterocycles. The van der Waals surface area contributed by atoms with Gasteiger partial charge < -0.3 is 5.32 Å². The average molecular weight is 385 g/mol. The first-order valence-corrected chi connectivity index (χ1v) is 9.70. The Morgan fingerprint density at radius 3 is 2.41 bits per heavy atom. The Hall–Kier alpha value is -3.67. The Kier molecular flexibility index (Phi) is 5.52. The molecule has 146 valence electrons. The summed E-state index contributed by atoms with van der Waals surface area (Å²) in [7, 11) is 0. The van der Waals surface area contributed by atoms with Crippen LogP contribution >= 0.6 is 0 Å². The number of carbonyl (C=O) groups excluding carboxylic acids is 1. The van der Waals surface area contributed by atoms with Crippen molar-refractivity contribution in [3.8, 4) is 5.69 Å². The lowest BCUT2D eigenvalue weighted by molar-refractivity contribution is 0.0950. The molecule has 0 saturated carbocycles. The molecule has 0 fully saturated rings. The van der Waals surface area contributed by atoms with E-state index in [1.807, 2.05) is 71.0 Å². The van der Waals surface area contributed by atoms with E-state index in [4.69, 9.17) is 0 Å². The average Bonchev–Trinajstić information content (AvgIpc) is 3.43. The fraction of sp³-hybridized carbons (Fsp3) is 0.174. The first-order valence-electron chi connectivity index (χ1n) is 9.70. The van der Waals surface area contributed by atoms with Gasteiger partial charge in [0, 0.05) is 18.9 Å². The number of hydrogen-bond donors (Lipinski definition) is 1. The van der Waals surface area contributed by atoms with Crippen LogP contribution in [0, 0.1) is 0 Å². The molecule has 29 heavy (non-hydrogen) atoms. The van der Waals surface area contributed by atoms with Gasteiger partial charge in [-0.3, -0.25) is 9.48 Å². The van der Waals surface area contributed by atoms with Crippen LogP contribution in [0.3, 0.4) is 0 Å². The molecule has 0 saturated heterocycles. The zero-order valence-corrected chi connectivity index (χ0v) is 16.3. The summed E-state index contributed by atoms with van der Waals surface area (Å²) in [6.45, 7) is 3.24. The zero-order chi connectivity index (χ0) is 20.1. The third-order valence-corrected chi connectivity index (χ3v) is 4.83. The minimum Gasteiger partial charge on any atom is -0.348 e. The van der Waals surface area contributed by atoms with Crippen molar-refractivity contribution in [2.45, 2.75) is 26.4 Å². The van der Waals surface area contributed by atoms with E-state index in [0.29, 0.717) is 12.1 Å². The summed E-state index contributed by atoms with van der Waals surface area (Å²) >= 11 is 0. The number of para-hydroxylation sites is 1. The molecular weight excluding hydrogens is 362 g/mol. The fourth-order valence-electron chi connectivity index (χ4n) is 3.32. The molecule has 2 heterocycles. The van der Waals surface area contributed by atoms with Crippen molar-refractivity contribution >= 4 is 5.91 Å². The Bertz CT molecular complexity index is 1070. The molecule has 6 nitrogen and oxygen atoms in total. The van der Waals surface area contributed by atoms with Crippen molar-refractivity contribution in [3.63, 3.8) is 0 Å². The molecule has 1 amide bonds. The quantitative estimate of drug-likeness (QED) is 0.529. The van der Waals surface area contributed by atoms with Crippen molar-refractivity contribution in [2.75, 3.05) is 0 Å². The van der Waals surface area contributed by atoms with E-state index in [2.05, 4.69) is 27.6 Å². The van der Waals surface area contributed by atoms with Crippen molar-refractivity contribution < 1.29 is 4.79 Å². The highest BCUT2D eigenvalue weighted by molar-refractivity contribution is 5.95. The molecule has 1 N–H and O–H groups in total. The smallest absolute Gasteiger partial charge is 0.255 e. The van der Waals surface area contributed by atoms with Gasteiger partial charge in [0.2, 0.25) is 0 Å². The van der Waals surface area contributed by atoms with Gasteiger partial charge in [-0.2, -0.15) is 10.2 Å². The van der Waals surface area contributed by atoms with Gasteiger partial charge in [-0.15, -0.1) is 0 Å². The summed E-state index contributed by atoms with van der Waals surface area (Å²) in [4.78, 5) is 12.7. The normalized spacial score (nSPS) is 10.8. The zero-order valence-electron chi connectivity index (χ0n) is 16.3. The van der Waals surface area contributed by atoms with Crippen LogP contribution < -0.4 is 5.32 Å². The molecule has 0 unspecified atom stereocenters. The van der Waals surface area contributed by atoms with Gasteiger partial charge in [-0.25, -0.2) is 4.68 Å². The van der Waals surface area contributed by atoms with Crippen LogP contribution in [0.25, 0.3) is 5.69 Å². The number of benzene rings is 2. The Morgan fingerprint density at radius 2 is 1.72 bits per heavy atom. The van der Waals surface area contributed by atoms with Crippen LogP contribution in [0.5, 0.6) is 0 Å². The lowest BCUT2D eigenvalue weighted by Crippen LogP contribution is -2.23. The molecular formula is C23H23N5O. The second kappa shape index (κ2) is 8.56. The Labute approximate surface area is 169 Å². The lowest BCUT2D eigenvalue weighted by atomic mass is 10.1. The molecule has 0 aliphatic rings. The topological polar surface area (TPSA) is 64.7 Å². The van der Waals surface area contributed by atoms with Crippen LogP contribution in [-0.2, 0) is 19.5 Å². The minimum atomic E-state index is -0.107. The van der Waals surface area contributed by atoms with Gasteiger partial charge >= 0.3 is 0 Å². The van der Waals surface area contributed by atoms with Crippen molar-refractivity contribution in [1.82, 2.24) is 24.9 Å². The first kappa shape index (κ1) is 18.7. The fourth-order valence-corrected chi connectivity index (χ4v) is 3.32. The summed E-state index contributed by atoms with van der Waals surface area (Å²) in [5.74, 6) is -0.107. The van der Waals surface area contributed by atoms with Gasteiger partial charge in [-0.05, 0) is 35.7 Å². The SMILES string of the molecule is CCc1c(C(=O)NCc2ccc(Cn3cccn3)cc2)cnn1-c1ccccc1. The summed E-state index contributed by atoms with van der Waals surface area (Å²) in [6.07, 6.45) is 6.08. The molecule has 0 bridgehead atoms. The van der Waals surface area contributed by atoms with Crippen LogP contribution in [0.4, 0.5) is 0 Å². The largest absolute Gasteiger partial charge is 0.348 e. The number of nitrogens with one attached hydrogen (secondary N) is 1. The second-order valence-electron chi connectivity index (χ2n) is 6.81. The maximum atomic E-state index is 12.7. The number of amides is 1. The van der Waals surface area contributed by atoms with Gasteiger partial charge in [0.25, 0.3) is 5.91 Å². The maximum Gasteiger partial charge on any atom is 0.255 e. The highest BCUT2D eigenvalue weighted by Gasteiger charge is 2.16. The third-order valence-electron chi connectivity index (χ3n) is 4.83. The predicted molar refractivity (Wildman–Crippen MR) is 112 cm³/mol. The van der Waals surface area contributed by atoms with Crippen molar-refractivity contribution in [3.05, 3.63) is 102 Å². The van der Waals surface area contributed by atoms with E-state index < -0.39 is 0 Å². The highest BCUT2D eigenvalue weighted by Crippen LogP contribution is 2.16. The third kappa shape index (κ3) is 4.27.